The molecule has 0 radical (unpaired) electrons. The van der Waals surface area contributed by atoms with Crippen molar-refractivity contribution < 1.29 is 0 Å². The summed E-state index contributed by atoms with van der Waals surface area (Å²) in [5, 5.41) is 1.04. The van der Waals surface area contributed by atoms with Crippen molar-refractivity contribution in [2.75, 3.05) is 0 Å². The maximum absolute atomic E-state index is 6.29. The molecule has 1 heterocycles. The van der Waals surface area contributed by atoms with E-state index in [1.54, 1.807) is 6.07 Å². The highest BCUT2D eigenvalue weighted by Crippen LogP contribution is 2.30. The van der Waals surface area contributed by atoms with Gasteiger partial charge in [0.1, 0.15) is 5.82 Å². The first-order chi connectivity index (χ1) is 10.1. The SMILES string of the molecule is Cn1c(CC(N)c2cccc(Cl)c2Cl)nc2ccccc21. The van der Waals surface area contributed by atoms with Gasteiger partial charge in [-0.2, -0.15) is 0 Å². The Morgan fingerprint density at radius 3 is 2.67 bits per heavy atom. The summed E-state index contributed by atoms with van der Waals surface area (Å²) < 4.78 is 2.06. The molecule has 108 valence electrons. The van der Waals surface area contributed by atoms with Crippen molar-refractivity contribution in [1.29, 1.82) is 0 Å². The van der Waals surface area contributed by atoms with E-state index in [-0.39, 0.29) is 6.04 Å². The molecule has 3 nitrogen and oxygen atoms in total. The molecule has 0 saturated heterocycles. The lowest BCUT2D eigenvalue weighted by Gasteiger charge is -2.14. The van der Waals surface area contributed by atoms with Gasteiger partial charge in [-0.3, -0.25) is 0 Å². The number of rotatable bonds is 3. The summed E-state index contributed by atoms with van der Waals surface area (Å²) >= 11 is 12.3. The molecule has 0 spiro atoms. The molecule has 0 aliphatic rings. The third-order valence-corrected chi connectivity index (χ3v) is 4.50. The van der Waals surface area contributed by atoms with Crippen LogP contribution in [0.2, 0.25) is 10.0 Å². The first kappa shape index (κ1) is 14.4. The van der Waals surface area contributed by atoms with E-state index >= 15 is 0 Å². The normalized spacial score (nSPS) is 12.8. The summed E-state index contributed by atoms with van der Waals surface area (Å²) in [4.78, 5) is 4.64. The maximum atomic E-state index is 6.29. The van der Waals surface area contributed by atoms with Crippen molar-refractivity contribution in [1.82, 2.24) is 9.55 Å². The van der Waals surface area contributed by atoms with E-state index in [1.807, 2.05) is 43.4 Å². The number of halogens is 2. The summed E-state index contributed by atoms with van der Waals surface area (Å²) in [5.41, 5.74) is 9.20. The number of imidazole rings is 1. The molecule has 0 aliphatic carbocycles. The van der Waals surface area contributed by atoms with Gasteiger partial charge in [0.05, 0.1) is 21.1 Å². The number of aromatic nitrogens is 2. The summed E-state index contributed by atoms with van der Waals surface area (Å²) in [5.74, 6) is 0.930. The summed E-state index contributed by atoms with van der Waals surface area (Å²) in [6.07, 6.45) is 0.602. The number of nitrogens with zero attached hydrogens (tertiary/aromatic N) is 2. The highest BCUT2D eigenvalue weighted by molar-refractivity contribution is 6.42. The average Bonchev–Trinajstić information content (AvgIpc) is 2.79. The predicted octanol–water partition coefficient (Wildman–Crippen LogP) is 4.12. The average molecular weight is 320 g/mol. The van der Waals surface area contributed by atoms with Crippen molar-refractivity contribution in [3.05, 3.63) is 63.9 Å². The Balaban J connectivity index is 1.94. The van der Waals surface area contributed by atoms with Crippen molar-refractivity contribution >= 4 is 34.2 Å². The lowest BCUT2D eigenvalue weighted by atomic mass is 10.0. The van der Waals surface area contributed by atoms with Gasteiger partial charge in [-0.15, -0.1) is 0 Å². The molecule has 5 heteroatoms. The second-order valence-corrected chi connectivity index (χ2v) is 5.81. The maximum Gasteiger partial charge on any atom is 0.111 e. The van der Waals surface area contributed by atoms with Crippen LogP contribution in [-0.4, -0.2) is 9.55 Å². The Hall–Kier alpha value is -1.55. The van der Waals surface area contributed by atoms with Gasteiger partial charge in [0.15, 0.2) is 0 Å². The Morgan fingerprint density at radius 2 is 1.90 bits per heavy atom. The van der Waals surface area contributed by atoms with E-state index in [1.165, 1.54) is 0 Å². The molecule has 3 aromatic rings. The van der Waals surface area contributed by atoms with E-state index < -0.39 is 0 Å². The van der Waals surface area contributed by atoms with E-state index in [9.17, 15) is 0 Å². The van der Waals surface area contributed by atoms with Crippen LogP contribution in [0.4, 0.5) is 0 Å². The Kier molecular flexibility index (Phi) is 3.89. The summed E-state index contributed by atoms with van der Waals surface area (Å²) in [6, 6.07) is 13.3. The highest BCUT2D eigenvalue weighted by Gasteiger charge is 2.16. The summed E-state index contributed by atoms with van der Waals surface area (Å²) in [7, 11) is 2.00. The van der Waals surface area contributed by atoms with Crippen molar-refractivity contribution in [3.8, 4) is 0 Å². The lowest BCUT2D eigenvalue weighted by molar-refractivity contribution is 0.665. The Morgan fingerprint density at radius 1 is 1.14 bits per heavy atom. The quantitative estimate of drug-likeness (QED) is 0.789. The van der Waals surface area contributed by atoms with Gasteiger partial charge in [-0.05, 0) is 23.8 Å². The van der Waals surface area contributed by atoms with Gasteiger partial charge in [0.2, 0.25) is 0 Å². The van der Waals surface area contributed by atoms with Crippen LogP contribution in [-0.2, 0) is 13.5 Å². The van der Waals surface area contributed by atoms with Gasteiger partial charge >= 0.3 is 0 Å². The fourth-order valence-corrected chi connectivity index (χ4v) is 2.94. The van der Waals surface area contributed by atoms with E-state index in [0.29, 0.717) is 16.5 Å². The van der Waals surface area contributed by atoms with Crippen LogP contribution in [0.15, 0.2) is 42.5 Å². The van der Waals surface area contributed by atoms with Crippen LogP contribution < -0.4 is 5.73 Å². The van der Waals surface area contributed by atoms with E-state index in [4.69, 9.17) is 28.9 Å². The standard InChI is InChI=1S/C16H15Cl2N3/c1-21-14-8-3-2-7-13(14)20-15(21)9-12(19)10-5-4-6-11(17)16(10)18/h2-8,12H,9,19H2,1H3. The molecule has 2 N–H and O–H groups in total. The third-order valence-electron chi connectivity index (χ3n) is 3.66. The largest absolute Gasteiger partial charge is 0.331 e. The van der Waals surface area contributed by atoms with Crippen LogP contribution in [0, 0.1) is 0 Å². The number of benzene rings is 2. The minimum absolute atomic E-state index is 0.244. The second kappa shape index (κ2) is 5.68. The third kappa shape index (κ3) is 2.64. The molecule has 1 aromatic heterocycles. The monoisotopic (exact) mass is 319 g/mol. The molecule has 1 unspecified atom stereocenters. The van der Waals surface area contributed by atoms with Gasteiger partial charge in [0, 0.05) is 19.5 Å². The predicted molar refractivity (Wildman–Crippen MR) is 87.8 cm³/mol. The first-order valence-electron chi connectivity index (χ1n) is 6.67. The molecular weight excluding hydrogens is 305 g/mol. The molecule has 0 saturated carbocycles. The second-order valence-electron chi connectivity index (χ2n) is 5.03. The fourth-order valence-electron chi connectivity index (χ4n) is 2.49. The van der Waals surface area contributed by atoms with Gasteiger partial charge < -0.3 is 10.3 Å². The minimum Gasteiger partial charge on any atom is -0.331 e. The van der Waals surface area contributed by atoms with Gasteiger partial charge in [-0.25, -0.2) is 4.98 Å². The molecule has 1 atom stereocenters. The van der Waals surface area contributed by atoms with E-state index in [0.717, 1.165) is 22.4 Å². The molecule has 2 aromatic carbocycles. The van der Waals surface area contributed by atoms with Crippen LogP contribution in [0.25, 0.3) is 11.0 Å². The van der Waals surface area contributed by atoms with E-state index in [2.05, 4.69) is 9.55 Å². The van der Waals surface area contributed by atoms with Gasteiger partial charge in [-0.1, -0.05) is 47.5 Å². The molecule has 0 fully saturated rings. The zero-order valence-electron chi connectivity index (χ0n) is 11.6. The number of para-hydroxylation sites is 2. The van der Waals surface area contributed by atoms with Crippen molar-refractivity contribution in [3.63, 3.8) is 0 Å². The fraction of sp³-hybridized carbons (Fsp3) is 0.188. The van der Waals surface area contributed by atoms with Crippen molar-refractivity contribution in [2.24, 2.45) is 12.8 Å². The lowest BCUT2D eigenvalue weighted by Crippen LogP contribution is -2.16. The van der Waals surface area contributed by atoms with Crippen LogP contribution in [0.5, 0.6) is 0 Å². The molecule has 3 rings (SSSR count). The Labute approximate surface area is 133 Å². The van der Waals surface area contributed by atoms with Crippen LogP contribution in [0.1, 0.15) is 17.4 Å². The number of hydrogen-bond acceptors (Lipinski definition) is 2. The van der Waals surface area contributed by atoms with Crippen LogP contribution in [0.3, 0.4) is 0 Å². The molecular formula is C16H15Cl2N3. The smallest absolute Gasteiger partial charge is 0.111 e. The molecule has 0 bridgehead atoms. The number of aryl methyl sites for hydroxylation is 1. The van der Waals surface area contributed by atoms with Crippen molar-refractivity contribution in [2.45, 2.75) is 12.5 Å². The Bertz CT molecular complexity index is 795. The zero-order chi connectivity index (χ0) is 15.0. The molecule has 21 heavy (non-hydrogen) atoms. The molecule has 0 amide bonds. The number of hydrogen-bond donors (Lipinski definition) is 1. The van der Waals surface area contributed by atoms with Gasteiger partial charge in [0.25, 0.3) is 0 Å². The van der Waals surface area contributed by atoms with Crippen LogP contribution >= 0.6 is 23.2 Å². The highest BCUT2D eigenvalue weighted by atomic mass is 35.5. The summed E-state index contributed by atoms with van der Waals surface area (Å²) in [6.45, 7) is 0. The number of nitrogens with two attached hydrogens (primary N) is 1. The zero-order valence-corrected chi connectivity index (χ0v) is 13.1. The first-order valence-corrected chi connectivity index (χ1v) is 7.43. The number of fused-ring (bicyclic) bond motifs is 1. The minimum atomic E-state index is -0.244. The molecule has 0 aliphatic heterocycles. The topological polar surface area (TPSA) is 43.8 Å².